The average Bonchev–Trinajstić information content (AvgIpc) is 2.04. The Bertz CT molecular complexity index is 454. The minimum absolute atomic E-state index is 0.491. The van der Waals surface area contributed by atoms with Gasteiger partial charge in [0.1, 0.15) is 5.75 Å². The number of benzene rings is 1. The van der Waals surface area contributed by atoms with E-state index in [2.05, 4.69) is 15.9 Å². The maximum absolute atomic E-state index is 12.4. The Balaban J connectivity index is 3.19. The van der Waals surface area contributed by atoms with Gasteiger partial charge in [0.05, 0.1) is 0 Å². The van der Waals surface area contributed by atoms with Gasteiger partial charge < -0.3 is 0 Å². The van der Waals surface area contributed by atoms with Gasteiger partial charge in [-0.15, -0.1) is 3.89 Å². The highest BCUT2D eigenvalue weighted by atomic mass is 79.9. The lowest BCUT2D eigenvalue weighted by Gasteiger charge is -2.07. The lowest BCUT2D eigenvalue weighted by molar-refractivity contribution is 0.551. The molecule has 0 heterocycles. The molecule has 0 saturated carbocycles. The van der Waals surface area contributed by atoms with Crippen LogP contribution in [0, 0.1) is 13.8 Å². The van der Waals surface area contributed by atoms with Gasteiger partial charge in [0.25, 0.3) is 0 Å². The Morgan fingerprint density at radius 3 is 2.43 bits per heavy atom. The summed E-state index contributed by atoms with van der Waals surface area (Å²) in [6.07, 6.45) is 0. The van der Waals surface area contributed by atoms with Crippen molar-refractivity contribution in [1.29, 1.82) is 0 Å². The van der Waals surface area contributed by atoms with E-state index in [1.807, 2.05) is 6.92 Å². The maximum Gasteiger partial charge on any atom is 0.306 e. The highest BCUT2D eigenvalue weighted by molar-refractivity contribution is 9.10. The minimum Gasteiger partial charge on any atom is -0.194 e. The van der Waals surface area contributed by atoms with Gasteiger partial charge in [0, 0.05) is 4.47 Å². The fourth-order valence-corrected chi connectivity index (χ4v) is 2.27. The molecule has 0 saturated heterocycles. The van der Waals surface area contributed by atoms with Crippen molar-refractivity contribution in [3.05, 3.63) is 33.3 Å². The quantitative estimate of drug-likeness (QED) is 0.781. The van der Waals surface area contributed by atoms with Crippen molar-refractivity contribution in [2.24, 2.45) is 0 Å². The van der Waals surface area contributed by atoms with Crippen molar-refractivity contribution in [3.63, 3.8) is 0 Å². The molecule has 14 heavy (non-hydrogen) atoms. The third-order valence-electron chi connectivity index (χ3n) is 2.02. The van der Waals surface area contributed by atoms with E-state index in [4.69, 9.17) is 0 Å². The molecule has 0 N–H and O–H groups in total. The normalized spacial score (nSPS) is 11.7. The summed E-state index contributed by atoms with van der Waals surface area (Å²) in [5.74, 6) is -0.558. The fraction of sp³-hybridized carbons (Fsp3) is 0.333. The molecule has 0 aliphatic carbocycles. The van der Waals surface area contributed by atoms with E-state index in [0.29, 0.717) is 5.56 Å². The number of hydrogen-bond acceptors (Lipinski definition) is 2. The molecule has 0 spiro atoms. The van der Waals surface area contributed by atoms with Crippen LogP contribution in [0.15, 0.2) is 16.6 Å². The molecule has 0 atom stereocenters. The zero-order valence-electron chi connectivity index (χ0n) is 7.84. The number of halogens is 2. The van der Waals surface area contributed by atoms with Crippen LogP contribution in [-0.4, -0.2) is 8.42 Å². The number of rotatable bonds is 2. The molecule has 0 fully saturated rings. The van der Waals surface area contributed by atoms with Crippen LogP contribution in [0.4, 0.5) is 3.89 Å². The van der Waals surface area contributed by atoms with Crippen molar-refractivity contribution < 1.29 is 12.3 Å². The van der Waals surface area contributed by atoms with Gasteiger partial charge in [-0.1, -0.05) is 28.1 Å². The Hall–Kier alpha value is -0.420. The maximum atomic E-state index is 12.4. The third-order valence-corrected chi connectivity index (χ3v) is 3.90. The molecule has 0 amide bonds. The summed E-state index contributed by atoms with van der Waals surface area (Å²) in [6.45, 7) is 3.66. The lowest BCUT2D eigenvalue weighted by Crippen LogP contribution is -1.99. The first kappa shape index (κ1) is 11.7. The topological polar surface area (TPSA) is 34.1 Å². The van der Waals surface area contributed by atoms with Crippen LogP contribution in [0.1, 0.15) is 16.7 Å². The Kier molecular flexibility index (Phi) is 3.32. The molecular formula is C9H10BrFO2S. The van der Waals surface area contributed by atoms with E-state index in [1.165, 1.54) is 0 Å². The van der Waals surface area contributed by atoms with E-state index in [-0.39, 0.29) is 0 Å². The standard InChI is InChI=1S/C9H10BrFO2S/c1-6-3-4-8(5-14(11,12)13)7(2)9(6)10/h3-4H,5H2,1-2H3. The van der Waals surface area contributed by atoms with E-state index in [0.717, 1.165) is 15.6 Å². The van der Waals surface area contributed by atoms with E-state index in [1.54, 1.807) is 19.1 Å². The average molecular weight is 281 g/mol. The minimum atomic E-state index is -4.45. The van der Waals surface area contributed by atoms with E-state index < -0.39 is 16.0 Å². The summed E-state index contributed by atoms with van der Waals surface area (Å²) in [5.41, 5.74) is 2.26. The molecule has 0 bridgehead atoms. The number of hydrogen-bond donors (Lipinski definition) is 0. The van der Waals surface area contributed by atoms with Gasteiger partial charge in [-0.2, -0.15) is 8.42 Å². The van der Waals surface area contributed by atoms with Gasteiger partial charge in [-0.25, -0.2) is 0 Å². The van der Waals surface area contributed by atoms with Gasteiger partial charge in [-0.3, -0.25) is 0 Å². The smallest absolute Gasteiger partial charge is 0.194 e. The zero-order valence-corrected chi connectivity index (χ0v) is 10.2. The Morgan fingerprint density at radius 1 is 1.36 bits per heavy atom. The number of aryl methyl sites for hydroxylation is 1. The predicted molar refractivity (Wildman–Crippen MR) is 57.3 cm³/mol. The highest BCUT2D eigenvalue weighted by Gasteiger charge is 2.13. The first-order chi connectivity index (χ1) is 6.31. The summed E-state index contributed by atoms with van der Waals surface area (Å²) in [4.78, 5) is 0. The molecule has 1 aromatic rings. The Morgan fingerprint density at radius 2 is 1.93 bits per heavy atom. The molecule has 1 aromatic carbocycles. The summed E-state index contributed by atoms with van der Waals surface area (Å²) >= 11 is 3.32. The van der Waals surface area contributed by atoms with Gasteiger partial charge in [-0.05, 0) is 30.5 Å². The molecule has 0 aliphatic rings. The zero-order chi connectivity index (χ0) is 10.9. The van der Waals surface area contributed by atoms with Crippen molar-refractivity contribution >= 4 is 26.2 Å². The molecule has 1 rings (SSSR count). The monoisotopic (exact) mass is 280 g/mol. The van der Waals surface area contributed by atoms with Gasteiger partial charge in [0.2, 0.25) is 0 Å². The van der Waals surface area contributed by atoms with Crippen LogP contribution < -0.4 is 0 Å². The summed E-state index contributed by atoms with van der Waals surface area (Å²) in [5, 5.41) is 0. The first-order valence-corrected chi connectivity index (χ1v) is 6.33. The molecular weight excluding hydrogens is 271 g/mol. The molecule has 78 valence electrons. The van der Waals surface area contributed by atoms with Gasteiger partial charge >= 0.3 is 10.2 Å². The van der Waals surface area contributed by atoms with E-state index in [9.17, 15) is 12.3 Å². The predicted octanol–water partition coefficient (Wildman–Crippen LogP) is 2.87. The van der Waals surface area contributed by atoms with Crippen LogP contribution in [-0.2, 0) is 16.0 Å². The molecule has 0 unspecified atom stereocenters. The fourth-order valence-electron chi connectivity index (χ4n) is 1.20. The second kappa shape index (κ2) is 3.98. The largest absolute Gasteiger partial charge is 0.306 e. The first-order valence-electron chi connectivity index (χ1n) is 3.98. The molecule has 5 heteroatoms. The van der Waals surface area contributed by atoms with Crippen molar-refractivity contribution in [3.8, 4) is 0 Å². The molecule has 0 radical (unpaired) electrons. The lowest BCUT2D eigenvalue weighted by atomic mass is 10.1. The second-order valence-electron chi connectivity index (χ2n) is 3.16. The van der Waals surface area contributed by atoms with Crippen LogP contribution in [0.5, 0.6) is 0 Å². The second-order valence-corrected chi connectivity index (χ2v) is 5.32. The van der Waals surface area contributed by atoms with Crippen LogP contribution >= 0.6 is 15.9 Å². The molecule has 0 aliphatic heterocycles. The molecule has 0 aromatic heterocycles. The summed E-state index contributed by atoms with van der Waals surface area (Å²) < 4.78 is 34.2. The highest BCUT2D eigenvalue weighted by Crippen LogP contribution is 2.25. The van der Waals surface area contributed by atoms with Crippen molar-refractivity contribution in [1.82, 2.24) is 0 Å². The van der Waals surface area contributed by atoms with Gasteiger partial charge in [0.15, 0.2) is 0 Å². The van der Waals surface area contributed by atoms with Crippen molar-refractivity contribution in [2.75, 3.05) is 0 Å². The third kappa shape index (κ3) is 2.78. The van der Waals surface area contributed by atoms with Crippen LogP contribution in [0.25, 0.3) is 0 Å². The SMILES string of the molecule is Cc1ccc(CS(=O)(=O)F)c(C)c1Br. The van der Waals surface area contributed by atoms with Crippen LogP contribution in [0.3, 0.4) is 0 Å². The van der Waals surface area contributed by atoms with E-state index >= 15 is 0 Å². The van der Waals surface area contributed by atoms with Crippen molar-refractivity contribution in [2.45, 2.75) is 19.6 Å². The Labute approximate surface area is 91.5 Å². The molecule has 2 nitrogen and oxygen atoms in total. The summed E-state index contributed by atoms with van der Waals surface area (Å²) in [6, 6.07) is 3.39. The summed E-state index contributed by atoms with van der Waals surface area (Å²) in [7, 11) is -4.45. The van der Waals surface area contributed by atoms with Crippen LogP contribution in [0.2, 0.25) is 0 Å².